The number of hydrogen-bond acceptors (Lipinski definition) is 4. The van der Waals surface area contributed by atoms with Gasteiger partial charge in [0.2, 0.25) is 11.8 Å². The third-order valence-corrected chi connectivity index (χ3v) is 3.97. The highest BCUT2D eigenvalue weighted by molar-refractivity contribution is 5.95. The fraction of sp³-hybridized carbons (Fsp3) is 0.400. The first-order valence-corrected chi connectivity index (χ1v) is 7.33. The number of nitrogens with zero attached hydrogens (tertiary/aromatic N) is 2. The monoisotopic (exact) mass is 301 g/mol. The van der Waals surface area contributed by atoms with Gasteiger partial charge in [-0.15, -0.1) is 0 Å². The molecule has 1 aliphatic heterocycles. The number of anilines is 1. The minimum atomic E-state index is -0.523. The van der Waals surface area contributed by atoms with E-state index >= 15 is 0 Å². The average molecular weight is 301 g/mol. The Morgan fingerprint density at radius 2 is 2.32 bits per heavy atom. The lowest BCUT2D eigenvalue weighted by Crippen LogP contribution is -2.41. The quantitative estimate of drug-likeness (QED) is 0.776. The normalized spacial score (nSPS) is 19.4. The summed E-state index contributed by atoms with van der Waals surface area (Å²) in [6.45, 7) is 2.68. The van der Waals surface area contributed by atoms with Gasteiger partial charge in [0.15, 0.2) is 0 Å². The van der Waals surface area contributed by atoms with Gasteiger partial charge in [-0.05, 0) is 31.5 Å². The van der Waals surface area contributed by atoms with Crippen LogP contribution in [0.4, 0.5) is 5.69 Å². The molecule has 4 N–H and O–H groups in total. The summed E-state index contributed by atoms with van der Waals surface area (Å²) in [6.07, 6.45) is 2.38. The second-order valence-corrected chi connectivity index (χ2v) is 5.72. The molecule has 3 rings (SSSR count). The van der Waals surface area contributed by atoms with E-state index in [0.717, 1.165) is 16.6 Å². The molecule has 1 aromatic carbocycles. The second-order valence-electron chi connectivity index (χ2n) is 5.72. The minimum Gasteiger partial charge on any atom is -0.341 e. The summed E-state index contributed by atoms with van der Waals surface area (Å²) in [6, 6.07) is 5.05. The number of likely N-dealkylation sites (tertiary alicyclic amines) is 1. The average Bonchev–Trinajstić information content (AvgIpc) is 3.14. The van der Waals surface area contributed by atoms with Crippen LogP contribution in [0.25, 0.3) is 10.9 Å². The summed E-state index contributed by atoms with van der Waals surface area (Å²) in [4.78, 5) is 25.8. The Balaban J connectivity index is 1.64. The zero-order valence-corrected chi connectivity index (χ0v) is 12.4. The van der Waals surface area contributed by atoms with Crippen molar-refractivity contribution in [1.29, 1.82) is 0 Å². The Kier molecular flexibility index (Phi) is 3.81. The summed E-state index contributed by atoms with van der Waals surface area (Å²) < 4.78 is 0. The number of nitrogens with one attached hydrogen (secondary N) is 2. The number of carbonyl (C=O) groups is 2. The molecule has 2 heterocycles. The molecule has 7 nitrogen and oxygen atoms in total. The number of benzene rings is 1. The van der Waals surface area contributed by atoms with Gasteiger partial charge in [0.1, 0.15) is 0 Å². The number of fused-ring (bicyclic) bond motifs is 1. The number of aromatic amines is 1. The predicted octanol–water partition coefficient (Wildman–Crippen LogP) is 0.697. The molecule has 1 saturated heterocycles. The third kappa shape index (κ3) is 2.80. The van der Waals surface area contributed by atoms with Crippen LogP contribution in [-0.2, 0) is 9.59 Å². The maximum atomic E-state index is 12.3. The molecule has 0 aliphatic carbocycles. The van der Waals surface area contributed by atoms with Crippen LogP contribution in [0.5, 0.6) is 0 Å². The van der Waals surface area contributed by atoms with Crippen molar-refractivity contribution in [1.82, 2.24) is 15.1 Å². The van der Waals surface area contributed by atoms with Gasteiger partial charge in [-0.25, -0.2) is 0 Å². The Labute approximate surface area is 127 Å². The van der Waals surface area contributed by atoms with E-state index in [9.17, 15) is 9.59 Å². The molecule has 1 unspecified atom stereocenters. The molecule has 0 spiro atoms. The molecule has 1 aliphatic rings. The molecule has 1 fully saturated rings. The molecule has 2 aromatic rings. The predicted molar refractivity (Wildman–Crippen MR) is 83.1 cm³/mol. The maximum absolute atomic E-state index is 12.3. The largest absolute Gasteiger partial charge is 0.341 e. The van der Waals surface area contributed by atoms with E-state index in [0.29, 0.717) is 19.5 Å². The van der Waals surface area contributed by atoms with Crippen LogP contribution < -0.4 is 11.1 Å². The van der Waals surface area contributed by atoms with Crippen molar-refractivity contribution in [3.8, 4) is 0 Å². The van der Waals surface area contributed by atoms with Gasteiger partial charge in [0.25, 0.3) is 0 Å². The lowest BCUT2D eigenvalue weighted by Gasteiger charge is -2.18. The smallest absolute Gasteiger partial charge is 0.239 e. The molecule has 2 atom stereocenters. The minimum absolute atomic E-state index is 0.0668. The molecule has 2 amide bonds. The van der Waals surface area contributed by atoms with Gasteiger partial charge < -0.3 is 16.0 Å². The molecule has 22 heavy (non-hydrogen) atoms. The second kappa shape index (κ2) is 5.76. The topological polar surface area (TPSA) is 104 Å². The van der Waals surface area contributed by atoms with Crippen molar-refractivity contribution in [2.24, 2.45) is 11.7 Å². The maximum Gasteiger partial charge on any atom is 0.239 e. The fourth-order valence-corrected chi connectivity index (χ4v) is 2.73. The van der Waals surface area contributed by atoms with Gasteiger partial charge >= 0.3 is 0 Å². The number of amides is 2. The molecule has 7 heteroatoms. The van der Waals surface area contributed by atoms with Crippen molar-refractivity contribution in [3.05, 3.63) is 24.4 Å². The molecular formula is C15H19N5O2. The number of hydrogen-bond donors (Lipinski definition) is 3. The zero-order valence-electron chi connectivity index (χ0n) is 12.4. The molecule has 0 bridgehead atoms. The zero-order chi connectivity index (χ0) is 15.7. The number of nitrogens with two attached hydrogens (primary N) is 1. The van der Waals surface area contributed by atoms with Gasteiger partial charge in [0, 0.05) is 24.2 Å². The summed E-state index contributed by atoms with van der Waals surface area (Å²) in [5.74, 6) is -0.360. The van der Waals surface area contributed by atoms with Crippen LogP contribution in [0, 0.1) is 5.92 Å². The van der Waals surface area contributed by atoms with Gasteiger partial charge in [-0.2, -0.15) is 5.10 Å². The Morgan fingerprint density at radius 1 is 1.50 bits per heavy atom. The first-order chi connectivity index (χ1) is 10.5. The van der Waals surface area contributed by atoms with E-state index in [2.05, 4.69) is 15.5 Å². The van der Waals surface area contributed by atoms with Crippen molar-refractivity contribution in [3.63, 3.8) is 0 Å². The molecule has 0 saturated carbocycles. The molecular weight excluding hydrogens is 282 g/mol. The van der Waals surface area contributed by atoms with Crippen LogP contribution in [0.2, 0.25) is 0 Å². The van der Waals surface area contributed by atoms with E-state index < -0.39 is 6.04 Å². The van der Waals surface area contributed by atoms with E-state index in [1.165, 1.54) is 0 Å². The molecule has 116 valence electrons. The Hall–Kier alpha value is -2.41. The van der Waals surface area contributed by atoms with E-state index in [-0.39, 0.29) is 17.7 Å². The SMILES string of the molecule is C[C@H](N)C(=O)N1CCC(C(=O)Nc2ccc3[nH]ncc3c2)C1. The summed E-state index contributed by atoms with van der Waals surface area (Å²) in [7, 11) is 0. The van der Waals surface area contributed by atoms with Crippen LogP contribution in [-0.4, -0.2) is 46.0 Å². The van der Waals surface area contributed by atoms with Crippen LogP contribution in [0.1, 0.15) is 13.3 Å². The van der Waals surface area contributed by atoms with Crippen molar-refractivity contribution >= 4 is 28.4 Å². The molecule has 0 radical (unpaired) electrons. The highest BCUT2D eigenvalue weighted by atomic mass is 16.2. The van der Waals surface area contributed by atoms with Gasteiger partial charge in [0.05, 0.1) is 23.7 Å². The summed E-state index contributed by atoms with van der Waals surface area (Å²) in [5, 5.41) is 10.7. The van der Waals surface area contributed by atoms with Crippen molar-refractivity contribution in [2.45, 2.75) is 19.4 Å². The third-order valence-electron chi connectivity index (χ3n) is 3.97. The fourth-order valence-electron chi connectivity index (χ4n) is 2.73. The number of carbonyl (C=O) groups excluding carboxylic acids is 2. The van der Waals surface area contributed by atoms with Crippen LogP contribution in [0.15, 0.2) is 24.4 Å². The number of aromatic nitrogens is 2. The number of rotatable bonds is 3. The van der Waals surface area contributed by atoms with Crippen LogP contribution >= 0.6 is 0 Å². The first-order valence-electron chi connectivity index (χ1n) is 7.33. The van der Waals surface area contributed by atoms with Crippen molar-refractivity contribution in [2.75, 3.05) is 18.4 Å². The molecule has 1 aromatic heterocycles. The lowest BCUT2D eigenvalue weighted by molar-refractivity contribution is -0.131. The highest BCUT2D eigenvalue weighted by Gasteiger charge is 2.32. The lowest BCUT2D eigenvalue weighted by atomic mass is 10.1. The van der Waals surface area contributed by atoms with E-state index in [4.69, 9.17) is 5.73 Å². The first kappa shape index (κ1) is 14.5. The van der Waals surface area contributed by atoms with E-state index in [1.807, 2.05) is 18.2 Å². The number of H-pyrrole nitrogens is 1. The standard InChI is InChI=1S/C15H19N5O2/c1-9(16)15(22)20-5-4-10(8-20)14(21)18-12-2-3-13-11(6-12)7-17-19-13/h2-3,6-7,9-10H,4-5,8,16H2,1H3,(H,17,19)(H,18,21)/t9-,10?/m0/s1. The van der Waals surface area contributed by atoms with Crippen LogP contribution in [0.3, 0.4) is 0 Å². The Morgan fingerprint density at radius 3 is 3.09 bits per heavy atom. The van der Waals surface area contributed by atoms with Crippen molar-refractivity contribution < 1.29 is 9.59 Å². The van der Waals surface area contributed by atoms with E-state index in [1.54, 1.807) is 18.0 Å². The van der Waals surface area contributed by atoms with Gasteiger partial charge in [-0.3, -0.25) is 14.7 Å². The van der Waals surface area contributed by atoms with Gasteiger partial charge in [-0.1, -0.05) is 0 Å². The Bertz CT molecular complexity index is 709. The summed E-state index contributed by atoms with van der Waals surface area (Å²) >= 11 is 0. The highest BCUT2D eigenvalue weighted by Crippen LogP contribution is 2.21. The summed E-state index contributed by atoms with van der Waals surface area (Å²) in [5.41, 5.74) is 7.26.